The van der Waals surface area contributed by atoms with Crippen LogP contribution in [0.4, 0.5) is 5.69 Å². The summed E-state index contributed by atoms with van der Waals surface area (Å²) in [5.74, 6) is 1.37. The summed E-state index contributed by atoms with van der Waals surface area (Å²) in [6, 6.07) is 19.6. The lowest BCUT2D eigenvalue weighted by molar-refractivity contribution is -0.110. The highest BCUT2D eigenvalue weighted by Crippen LogP contribution is 2.33. The van der Waals surface area contributed by atoms with E-state index in [-0.39, 0.29) is 5.91 Å². The summed E-state index contributed by atoms with van der Waals surface area (Å²) < 4.78 is 5.89. The fraction of sp³-hybridized carbons (Fsp3) is 0.0500. The molecule has 1 aromatic heterocycles. The Bertz CT molecular complexity index is 934. The van der Waals surface area contributed by atoms with E-state index in [1.807, 2.05) is 48.5 Å². The predicted molar refractivity (Wildman–Crippen MR) is 91.8 cm³/mol. The maximum absolute atomic E-state index is 12.1. The molecular formula is C20H15NO2. The highest BCUT2D eigenvalue weighted by Gasteiger charge is 2.23. The molecule has 3 aromatic rings. The Labute approximate surface area is 134 Å². The maximum atomic E-state index is 12.1. The van der Waals surface area contributed by atoms with E-state index in [1.165, 1.54) is 5.56 Å². The molecule has 3 heteroatoms. The number of hydrogen-bond donors (Lipinski definition) is 1. The zero-order valence-electron chi connectivity index (χ0n) is 12.7. The molecule has 2 heterocycles. The molecule has 0 spiro atoms. The van der Waals surface area contributed by atoms with Crippen LogP contribution >= 0.6 is 0 Å². The zero-order chi connectivity index (χ0) is 15.8. The molecule has 0 atom stereocenters. The lowest BCUT2D eigenvalue weighted by Crippen LogP contribution is -2.03. The first-order valence-electron chi connectivity index (χ1n) is 7.50. The molecule has 0 radical (unpaired) electrons. The van der Waals surface area contributed by atoms with E-state index < -0.39 is 0 Å². The molecule has 23 heavy (non-hydrogen) atoms. The summed E-state index contributed by atoms with van der Waals surface area (Å²) in [5.41, 5.74) is 4.60. The number of benzene rings is 2. The van der Waals surface area contributed by atoms with Crippen LogP contribution in [-0.2, 0) is 4.79 Å². The molecule has 3 nitrogen and oxygen atoms in total. The number of anilines is 1. The Kier molecular flexibility index (Phi) is 3.12. The van der Waals surface area contributed by atoms with Gasteiger partial charge in [-0.1, -0.05) is 42.0 Å². The van der Waals surface area contributed by atoms with E-state index in [2.05, 4.69) is 24.4 Å². The maximum Gasteiger partial charge on any atom is 0.256 e. The van der Waals surface area contributed by atoms with E-state index >= 15 is 0 Å². The number of fused-ring (bicyclic) bond motifs is 1. The zero-order valence-corrected chi connectivity index (χ0v) is 12.7. The van der Waals surface area contributed by atoms with Gasteiger partial charge in [-0.05, 0) is 37.3 Å². The van der Waals surface area contributed by atoms with Gasteiger partial charge >= 0.3 is 0 Å². The molecule has 2 aromatic carbocycles. The van der Waals surface area contributed by atoms with Crippen molar-refractivity contribution in [2.45, 2.75) is 6.92 Å². The van der Waals surface area contributed by atoms with Gasteiger partial charge in [-0.2, -0.15) is 0 Å². The number of nitrogens with one attached hydrogen (secondary N) is 1. The summed E-state index contributed by atoms with van der Waals surface area (Å²) in [4.78, 5) is 12.1. The number of amides is 1. The molecule has 112 valence electrons. The normalized spacial score (nSPS) is 14.8. The number of carbonyl (C=O) groups excluding carboxylic acids is 1. The number of hydrogen-bond acceptors (Lipinski definition) is 2. The van der Waals surface area contributed by atoms with Gasteiger partial charge in [-0.3, -0.25) is 4.79 Å². The smallest absolute Gasteiger partial charge is 0.256 e. The van der Waals surface area contributed by atoms with Crippen LogP contribution in [0.2, 0.25) is 0 Å². The van der Waals surface area contributed by atoms with Crippen molar-refractivity contribution in [3.63, 3.8) is 0 Å². The SMILES string of the molecule is Cc1cccc(-c2ccc(/C=C3/C(=O)Nc4ccccc43)o2)c1. The van der Waals surface area contributed by atoms with Crippen LogP contribution in [0.15, 0.2) is 65.1 Å². The first kappa shape index (κ1) is 13.6. The quantitative estimate of drug-likeness (QED) is 0.694. The van der Waals surface area contributed by atoms with Crippen LogP contribution in [0.3, 0.4) is 0 Å². The first-order valence-corrected chi connectivity index (χ1v) is 7.50. The molecule has 1 amide bonds. The molecule has 0 bridgehead atoms. The van der Waals surface area contributed by atoms with E-state index in [4.69, 9.17) is 4.42 Å². The van der Waals surface area contributed by atoms with E-state index in [0.717, 1.165) is 22.6 Å². The second-order valence-corrected chi connectivity index (χ2v) is 5.63. The minimum Gasteiger partial charge on any atom is -0.457 e. The highest BCUT2D eigenvalue weighted by molar-refractivity contribution is 6.34. The van der Waals surface area contributed by atoms with Crippen molar-refractivity contribution < 1.29 is 9.21 Å². The van der Waals surface area contributed by atoms with Crippen molar-refractivity contribution in [2.24, 2.45) is 0 Å². The van der Waals surface area contributed by atoms with Gasteiger partial charge in [0, 0.05) is 16.8 Å². The van der Waals surface area contributed by atoms with Crippen LogP contribution < -0.4 is 5.32 Å². The van der Waals surface area contributed by atoms with Gasteiger partial charge in [0.05, 0.1) is 5.57 Å². The molecule has 1 N–H and O–H groups in total. The fourth-order valence-electron chi connectivity index (χ4n) is 2.81. The van der Waals surface area contributed by atoms with Crippen molar-refractivity contribution in [1.29, 1.82) is 0 Å². The van der Waals surface area contributed by atoms with Crippen molar-refractivity contribution in [3.8, 4) is 11.3 Å². The molecule has 0 saturated carbocycles. The predicted octanol–water partition coefficient (Wildman–Crippen LogP) is 4.75. The summed E-state index contributed by atoms with van der Waals surface area (Å²) in [5, 5.41) is 2.86. The Balaban J connectivity index is 1.72. The van der Waals surface area contributed by atoms with Crippen LogP contribution in [0.1, 0.15) is 16.9 Å². The highest BCUT2D eigenvalue weighted by atomic mass is 16.3. The average molecular weight is 301 g/mol. The minimum absolute atomic E-state index is 0.0975. The van der Waals surface area contributed by atoms with Gasteiger partial charge in [0.2, 0.25) is 0 Å². The van der Waals surface area contributed by atoms with Gasteiger partial charge in [0.15, 0.2) is 0 Å². The molecule has 1 aliphatic heterocycles. The standard InChI is InChI=1S/C20H15NO2/c1-13-5-4-6-14(11-13)19-10-9-15(23-19)12-17-16-7-2-3-8-18(16)21-20(17)22/h2-12H,1H3,(H,21,22)/b17-12+. The second-order valence-electron chi connectivity index (χ2n) is 5.63. The summed E-state index contributed by atoms with van der Waals surface area (Å²) >= 11 is 0. The number of rotatable bonds is 2. The number of aryl methyl sites for hydroxylation is 1. The average Bonchev–Trinajstić information content (AvgIpc) is 3.13. The lowest BCUT2D eigenvalue weighted by Gasteiger charge is -1.98. The lowest BCUT2D eigenvalue weighted by atomic mass is 10.1. The molecule has 0 aliphatic carbocycles. The van der Waals surface area contributed by atoms with Gasteiger partial charge in [0.25, 0.3) is 5.91 Å². The molecule has 0 fully saturated rings. The third-order valence-electron chi connectivity index (χ3n) is 3.93. The Hall–Kier alpha value is -3.07. The van der Waals surface area contributed by atoms with E-state index in [1.54, 1.807) is 6.08 Å². The third kappa shape index (κ3) is 2.46. The van der Waals surface area contributed by atoms with Crippen LogP contribution in [0.5, 0.6) is 0 Å². The van der Waals surface area contributed by atoms with Crippen molar-refractivity contribution in [2.75, 3.05) is 5.32 Å². The van der Waals surface area contributed by atoms with Gasteiger partial charge in [-0.15, -0.1) is 0 Å². The molecular weight excluding hydrogens is 286 g/mol. The van der Waals surface area contributed by atoms with E-state index in [0.29, 0.717) is 11.3 Å². The third-order valence-corrected chi connectivity index (χ3v) is 3.93. The Morgan fingerprint density at radius 3 is 2.74 bits per heavy atom. The fourth-order valence-corrected chi connectivity index (χ4v) is 2.81. The number of carbonyl (C=O) groups is 1. The Morgan fingerprint density at radius 2 is 1.87 bits per heavy atom. The van der Waals surface area contributed by atoms with E-state index in [9.17, 15) is 4.79 Å². The summed E-state index contributed by atoms with van der Waals surface area (Å²) in [7, 11) is 0. The van der Waals surface area contributed by atoms with Gasteiger partial charge < -0.3 is 9.73 Å². The summed E-state index contributed by atoms with van der Waals surface area (Å²) in [6.45, 7) is 2.05. The largest absolute Gasteiger partial charge is 0.457 e. The van der Waals surface area contributed by atoms with Gasteiger partial charge in [0.1, 0.15) is 11.5 Å². The summed E-state index contributed by atoms with van der Waals surface area (Å²) in [6.07, 6.45) is 1.79. The van der Waals surface area contributed by atoms with Crippen molar-refractivity contribution in [1.82, 2.24) is 0 Å². The molecule has 0 saturated heterocycles. The first-order chi connectivity index (χ1) is 11.2. The number of para-hydroxylation sites is 1. The van der Waals surface area contributed by atoms with Crippen molar-refractivity contribution >= 4 is 23.2 Å². The van der Waals surface area contributed by atoms with Crippen LogP contribution in [0, 0.1) is 6.92 Å². The topological polar surface area (TPSA) is 42.2 Å². The Morgan fingerprint density at radius 1 is 1.00 bits per heavy atom. The van der Waals surface area contributed by atoms with Crippen LogP contribution in [-0.4, -0.2) is 5.91 Å². The molecule has 4 rings (SSSR count). The van der Waals surface area contributed by atoms with Gasteiger partial charge in [-0.25, -0.2) is 0 Å². The monoisotopic (exact) mass is 301 g/mol. The molecule has 1 aliphatic rings. The minimum atomic E-state index is -0.0975. The second kappa shape index (κ2) is 5.29. The number of furan rings is 1. The van der Waals surface area contributed by atoms with Crippen LogP contribution in [0.25, 0.3) is 23.0 Å². The molecule has 0 unspecified atom stereocenters. The van der Waals surface area contributed by atoms with Crippen molar-refractivity contribution in [3.05, 3.63) is 77.6 Å².